The third-order valence-electron chi connectivity index (χ3n) is 5.21. The third-order valence-corrected chi connectivity index (χ3v) is 5.75. The lowest BCUT2D eigenvalue weighted by atomic mass is 10.3. The molecule has 0 aliphatic carbocycles. The Bertz CT molecular complexity index is 1570. The molecule has 2 heterocycles. The summed E-state index contributed by atoms with van der Waals surface area (Å²) >= 11 is 11.7. The normalized spacial score (nSPS) is 12.4. The molecule has 0 aliphatic heterocycles. The van der Waals surface area contributed by atoms with E-state index >= 15 is 0 Å². The molecule has 1 atom stereocenters. The first-order valence-electron chi connectivity index (χ1n) is 11.6. The predicted molar refractivity (Wildman–Crippen MR) is 137 cm³/mol. The van der Waals surface area contributed by atoms with Gasteiger partial charge in [-0.2, -0.15) is 26.3 Å². The van der Waals surface area contributed by atoms with Gasteiger partial charge in [0.25, 0.3) is 0 Å². The van der Waals surface area contributed by atoms with E-state index in [0.29, 0.717) is 24.5 Å². The predicted octanol–water partition coefficient (Wildman–Crippen LogP) is 8.78. The third kappa shape index (κ3) is 7.95. The number of esters is 1. The number of alkyl halides is 6. The average molecular weight is 633 g/mol. The summed E-state index contributed by atoms with van der Waals surface area (Å²) in [4.78, 5) is 19.6. The Hall–Kier alpha value is -4.23. The van der Waals surface area contributed by atoms with Gasteiger partial charge in [-0.05, 0) is 67.6 Å². The standard InChI is InChI=1S/C27H16Cl2F6N2O5/c1-14(39-17-2-4-18(5-3-17)40-23-21(28)10-15(12-36-23)26(30,31)32)25(38)42-20-8-6-19(7-9-20)41-24-22(29)11-16(13-37-24)27(33,34)35/h2-14H,1H3. The molecule has 15 heteroatoms. The number of rotatable bonds is 8. The topological polar surface area (TPSA) is 79.8 Å². The minimum absolute atomic E-state index is 0.124. The van der Waals surface area contributed by atoms with Crippen LogP contribution in [0.15, 0.2) is 73.1 Å². The Kier molecular flexibility index (Phi) is 9.02. The zero-order valence-corrected chi connectivity index (χ0v) is 22.5. The van der Waals surface area contributed by atoms with Crippen molar-refractivity contribution in [2.75, 3.05) is 0 Å². The lowest BCUT2D eigenvalue weighted by Gasteiger charge is -2.15. The van der Waals surface area contributed by atoms with Gasteiger partial charge in [0.1, 0.15) is 33.0 Å². The molecule has 2 aromatic carbocycles. The van der Waals surface area contributed by atoms with E-state index in [-0.39, 0.29) is 44.8 Å². The number of carbonyl (C=O) groups is 1. The zero-order chi connectivity index (χ0) is 30.7. The van der Waals surface area contributed by atoms with E-state index in [2.05, 4.69) is 9.97 Å². The molecule has 0 saturated carbocycles. The van der Waals surface area contributed by atoms with Crippen LogP contribution < -0.4 is 18.9 Å². The van der Waals surface area contributed by atoms with Crippen molar-refractivity contribution in [3.8, 4) is 34.8 Å². The van der Waals surface area contributed by atoms with Crippen molar-refractivity contribution in [3.05, 3.63) is 94.2 Å². The van der Waals surface area contributed by atoms with Crippen LogP contribution in [0.3, 0.4) is 0 Å². The molecule has 0 amide bonds. The van der Waals surface area contributed by atoms with Crippen molar-refractivity contribution >= 4 is 29.2 Å². The molecule has 0 radical (unpaired) electrons. The first kappa shape index (κ1) is 30.7. The number of halogens is 8. The lowest BCUT2D eigenvalue weighted by molar-refractivity contribution is -0.141. The molecule has 4 aromatic rings. The highest BCUT2D eigenvalue weighted by atomic mass is 35.5. The number of ether oxygens (including phenoxy) is 4. The van der Waals surface area contributed by atoms with Crippen LogP contribution in [0.25, 0.3) is 0 Å². The van der Waals surface area contributed by atoms with Crippen LogP contribution in [0.5, 0.6) is 34.8 Å². The molecule has 0 fully saturated rings. The smallest absolute Gasteiger partial charge is 0.417 e. The summed E-state index contributed by atoms with van der Waals surface area (Å²) in [6, 6.07) is 12.7. The Labute approximate surface area is 243 Å². The SMILES string of the molecule is CC(Oc1ccc(Oc2ncc(C(F)(F)F)cc2Cl)cc1)C(=O)Oc1ccc(Oc2ncc(C(F)(F)F)cc2Cl)cc1. The molecule has 0 bridgehead atoms. The fourth-order valence-corrected chi connectivity index (χ4v) is 3.56. The van der Waals surface area contributed by atoms with Gasteiger partial charge < -0.3 is 18.9 Å². The van der Waals surface area contributed by atoms with Gasteiger partial charge in [-0.1, -0.05) is 23.2 Å². The second-order valence-electron chi connectivity index (χ2n) is 8.35. The molecule has 0 spiro atoms. The second kappa shape index (κ2) is 12.3. The number of benzene rings is 2. The molecular weight excluding hydrogens is 617 g/mol. The van der Waals surface area contributed by atoms with Gasteiger partial charge in [-0.3, -0.25) is 0 Å². The maximum Gasteiger partial charge on any atom is 0.417 e. The van der Waals surface area contributed by atoms with Crippen molar-refractivity contribution in [2.45, 2.75) is 25.4 Å². The van der Waals surface area contributed by atoms with Crippen LogP contribution in [0.4, 0.5) is 26.3 Å². The molecule has 7 nitrogen and oxygen atoms in total. The van der Waals surface area contributed by atoms with Crippen molar-refractivity contribution in [3.63, 3.8) is 0 Å². The molecule has 0 aliphatic rings. The fraction of sp³-hybridized carbons (Fsp3) is 0.148. The lowest BCUT2D eigenvalue weighted by Crippen LogP contribution is -2.28. The highest BCUT2D eigenvalue weighted by Crippen LogP contribution is 2.36. The van der Waals surface area contributed by atoms with E-state index in [1.54, 1.807) is 0 Å². The molecule has 42 heavy (non-hydrogen) atoms. The molecule has 220 valence electrons. The Morgan fingerprint density at radius 2 is 1.07 bits per heavy atom. The number of hydrogen-bond acceptors (Lipinski definition) is 7. The van der Waals surface area contributed by atoms with Crippen molar-refractivity contribution in [1.82, 2.24) is 9.97 Å². The van der Waals surface area contributed by atoms with Crippen molar-refractivity contribution in [1.29, 1.82) is 0 Å². The minimum Gasteiger partial charge on any atom is -0.479 e. The molecule has 1 unspecified atom stereocenters. The summed E-state index contributed by atoms with van der Waals surface area (Å²) in [5.41, 5.74) is -2.04. The summed E-state index contributed by atoms with van der Waals surface area (Å²) in [6.45, 7) is 1.44. The van der Waals surface area contributed by atoms with Gasteiger partial charge in [-0.15, -0.1) is 0 Å². The van der Waals surface area contributed by atoms with Crippen molar-refractivity contribution < 1.29 is 50.1 Å². The van der Waals surface area contributed by atoms with Gasteiger partial charge in [0, 0.05) is 12.4 Å². The van der Waals surface area contributed by atoms with Gasteiger partial charge in [0.05, 0.1) is 11.1 Å². The maximum atomic E-state index is 12.8. The summed E-state index contributed by atoms with van der Waals surface area (Å²) in [5.74, 6) is -0.485. The monoisotopic (exact) mass is 632 g/mol. The highest BCUT2D eigenvalue weighted by molar-refractivity contribution is 6.32. The van der Waals surface area contributed by atoms with Gasteiger partial charge in [0.2, 0.25) is 11.8 Å². The number of hydrogen-bond donors (Lipinski definition) is 0. The largest absolute Gasteiger partial charge is 0.479 e. The maximum absolute atomic E-state index is 12.8. The van der Waals surface area contributed by atoms with Gasteiger partial charge >= 0.3 is 18.3 Å². The van der Waals surface area contributed by atoms with Gasteiger partial charge in [0.15, 0.2) is 6.10 Å². The van der Waals surface area contributed by atoms with E-state index in [9.17, 15) is 31.1 Å². The Balaban J connectivity index is 1.30. The zero-order valence-electron chi connectivity index (χ0n) is 21.0. The van der Waals surface area contributed by atoms with Crippen LogP contribution in [0, 0.1) is 0 Å². The Morgan fingerprint density at radius 3 is 1.45 bits per heavy atom. The second-order valence-corrected chi connectivity index (χ2v) is 9.16. The number of carbonyl (C=O) groups excluding carboxylic acids is 1. The van der Waals surface area contributed by atoms with Crippen LogP contribution in [0.2, 0.25) is 10.0 Å². The first-order valence-corrected chi connectivity index (χ1v) is 12.3. The summed E-state index contributed by atoms with van der Waals surface area (Å²) < 4.78 is 98.2. The van der Waals surface area contributed by atoms with E-state index in [0.717, 1.165) is 0 Å². The molecule has 4 rings (SSSR count). The molecule has 0 saturated heterocycles. The van der Waals surface area contributed by atoms with Crippen LogP contribution in [0.1, 0.15) is 18.1 Å². The molecule has 2 aromatic heterocycles. The minimum atomic E-state index is -4.61. The molecule has 0 N–H and O–H groups in total. The fourth-order valence-electron chi connectivity index (χ4n) is 3.15. The van der Waals surface area contributed by atoms with Crippen molar-refractivity contribution in [2.24, 2.45) is 0 Å². The number of aromatic nitrogens is 2. The average Bonchev–Trinajstić information content (AvgIpc) is 2.92. The first-order chi connectivity index (χ1) is 19.7. The quantitative estimate of drug-likeness (QED) is 0.109. The Morgan fingerprint density at radius 1 is 0.690 bits per heavy atom. The van der Waals surface area contributed by atoms with Crippen LogP contribution in [-0.4, -0.2) is 22.0 Å². The van der Waals surface area contributed by atoms with E-state index in [4.69, 9.17) is 42.1 Å². The highest BCUT2D eigenvalue weighted by Gasteiger charge is 2.32. The van der Waals surface area contributed by atoms with Gasteiger partial charge in [-0.25, -0.2) is 14.8 Å². The van der Waals surface area contributed by atoms with E-state index < -0.39 is 35.6 Å². The van der Waals surface area contributed by atoms with E-state index in [1.807, 2.05) is 0 Å². The molecular formula is C27H16Cl2F6N2O5. The number of nitrogens with zero attached hydrogens (tertiary/aromatic N) is 2. The summed E-state index contributed by atoms with van der Waals surface area (Å²) in [6.07, 6.45) is -9.09. The van der Waals surface area contributed by atoms with Crippen LogP contribution in [-0.2, 0) is 17.1 Å². The van der Waals surface area contributed by atoms with Crippen LogP contribution >= 0.6 is 23.2 Å². The summed E-state index contributed by atoms with van der Waals surface area (Å²) in [5, 5.41) is -0.674. The summed E-state index contributed by atoms with van der Waals surface area (Å²) in [7, 11) is 0. The van der Waals surface area contributed by atoms with E-state index in [1.165, 1.54) is 55.5 Å². The number of pyridine rings is 2.